The number of hydrogen-bond acceptors (Lipinski definition) is 4. The summed E-state index contributed by atoms with van der Waals surface area (Å²) in [4.78, 5) is 35.8. The van der Waals surface area contributed by atoms with Crippen LogP contribution in [0.25, 0.3) is 0 Å². The van der Waals surface area contributed by atoms with E-state index in [1.165, 1.54) is 0 Å². The van der Waals surface area contributed by atoms with E-state index >= 15 is 0 Å². The van der Waals surface area contributed by atoms with Crippen LogP contribution in [0.4, 0.5) is 0 Å². The molecule has 17 heavy (non-hydrogen) atoms. The van der Waals surface area contributed by atoms with Gasteiger partial charge >= 0.3 is 0 Å². The van der Waals surface area contributed by atoms with Crippen LogP contribution in [0.3, 0.4) is 0 Å². The van der Waals surface area contributed by atoms with Crippen molar-refractivity contribution in [3.63, 3.8) is 0 Å². The minimum atomic E-state index is -1.02. The topological polar surface area (TPSA) is 77.3 Å². The minimum absolute atomic E-state index is 0.0155. The SMILES string of the molecule is O=C1C2CC3C(=O)C4CC1C1C2C3C41[N+](=O)[O-]. The third-order valence-corrected chi connectivity index (χ3v) is 6.54. The van der Waals surface area contributed by atoms with Crippen LogP contribution in [-0.2, 0) is 9.59 Å². The van der Waals surface area contributed by atoms with Crippen LogP contribution in [0, 0.1) is 51.5 Å². The van der Waals surface area contributed by atoms with Gasteiger partial charge in [0, 0.05) is 34.5 Å². The molecule has 0 aliphatic heterocycles. The molecule has 0 aromatic heterocycles. The number of carbonyl (C=O) groups is 2. The molecule has 0 aromatic rings. The van der Waals surface area contributed by atoms with Crippen molar-refractivity contribution >= 4 is 11.6 Å². The van der Waals surface area contributed by atoms with E-state index in [0.29, 0.717) is 12.8 Å². The highest BCUT2D eigenvalue weighted by Crippen LogP contribution is 2.80. The van der Waals surface area contributed by atoms with E-state index in [0.717, 1.165) is 0 Å². The lowest BCUT2D eigenvalue weighted by Gasteiger charge is -2.47. The van der Waals surface area contributed by atoms with Crippen molar-refractivity contribution in [2.45, 2.75) is 18.4 Å². The van der Waals surface area contributed by atoms with Crippen LogP contribution >= 0.6 is 0 Å². The Labute approximate surface area is 96.7 Å². The summed E-state index contributed by atoms with van der Waals surface area (Å²) in [6.07, 6.45) is 1.09. The fourth-order valence-electron chi connectivity index (χ4n) is 6.40. The van der Waals surface area contributed by atoms with Crippen LogP contribution in [0.15, 0.2) is 0 Å². The molecule has 0 aromatic carbocycles. The summed E-state index contributed by atoms with van der Waals surface area (Å²) >= 11 is 0. The fraction of sp³-hybridized carbons (Fsp3) is 0.833. The minimum Gasteiger partial charge on any atom is -0.299 e. The van der Waals surface area contributed by atoms with Crippen LogP contribution in [0.2, 0.25) is 0 Å². The second-order valence-electron chi connectivity index (χ2n) is 6.42. The lowest BCUT2D eigenvalue weighted by molar-refractivity contribution is -0.616. The molecule has 0 bridgehead atoms. The van der Waals surface area contributed by atoms with Crippen molar-refractivity contribution in [2.24, 2.45) is 41.4 Å². The zero-order valence-electron chi connectivity index (χ0n) is 9.04. The standard InChI is InChI=1S/C12H11NO4/c14-10-3-1-4-8-7(3)9-5(10)2-6(11(4)15)12(8,9)13(16)17/h3-9H,1-2H2. The maximum atomic E-state index is 12.2. The van der Waals surface area contributed by atoms with E-state index in [1.54, 1.807) is 0 Å². The van der Waals surface area contributed by atoms with Crippen LogP contribution in [0.1, 0.15) is 12.8 Å². The molecule has 5 aliphatic rings. The molecule has 5 aliphatic carbocycles. The van der Waals surface area contributed by atoms with Gasteiger partial charge in [-0.05, 0) is 18.8 Å². The normalized spacial score (nSPS) is 64.4. The van der Waals surface area contributed by atoms with E-state index in [1.807, 2.05) is 0 Å². The van der Waals surface area contributed by atoms with Gasteiger partial charge in [-0.1, -0.05) is 0 Å². The van der Waals surface area contributed by atoms with Gasteiger partial charge in [0.05, 0.1) is 5.92 Å². The van der Waals surface area contributed by atoms with Crippen LogP contribution in [0.5, 0.6) is 0 Å². The summed E-state index contributed by atoms with van der Waals surface area (Å²) in [6.45, 7) is 0. The Hall–Kier alpha value is -1.26. The predicted octanol–water partition coefficient (Wildman–Crippen LogP) is 0.302. The zero-order valence-corrected chi connectivity index (χ0v) is 9.04. The maximum absolute atomic E-state index is 12.2. The molecular formula is C12H11NO4. The molecule has 0 radical (unpaired) electrons. The molecule has 0 amide bonds. The van der Waals surface area contributed by atoms with Crippen LogP contribution < -0.4 is 0 Å². The van der Waals surface area contributed by atoms with E-state index < -0.39 is 11.5 Å². The molecule has 5 fully saturated rings. The Morgan fingerprint density at radius 1 is 1.06 bits per heavy atom. The fourth-order valence-corrected chi connectivity index (χ4v) is 6.40. The van der Waals surface area contributed by atoms with Gasteiger partial charge in [0.2, 0.25) is 5.54 Å². The molecule has 8 unspecified atom stereocenters. The first-order chi connectivity index (χ1) is 8.10. The zero-order chi connectivity index (χ0) is 11.7. The average molecular weight is 233 g/mol. The number of rotatable bonds is 1. The summed E-state index contributed by atoms with van der Waals surface area (Å²) in [5.41, 5.74) is -1.02. The highest BCUT2D eigenvalue weighted by molar-refractivity contribution is 5.98. The van der Waals surface area contributed by atoms with E-state index in [2.05, 4.69) is 0 Å². The number of ketones is 2. The van der Waals surface area contributed by atoms with E-state index in [-0.39, 0.29) is 52.0 Å². The Morgan fingerprint density at radius 2 is 1.71 bits per heavy atom. The van der Waals surface area contributed by atoms with Crippen molar-refractivity contribution in [2.75, 3.05) is 0 Å². The molecule has 0 spiro atoms. The molecule has 5 rings (SSSR count). The summed E-state index contributed by atoms with van der Waals surface area (Å²) in [5.74, 6) is -0.448. The molecule has 0 saturated heterocycles. The van der Waals surface area contributed by atoms with Gasteiger partial charge in [-0.15, -0.1) is 0 Å². The summed E-state index contributed by atoms with van der Waals surface area (Å²) in [6, 6.07) is 0. The van der Waals surface area contributed by atoms with Crippen molar-refractivity contribution in [1.82, 2.24) is 0 Å². The third-order valence-electron chi connectivity index (χ3n) is 6.54. The second-order valence-corrected chi connectivity index (χ2v) is 6.42. The monoisotopic (exact) mass is 233 g/mol. The van der Waals surface area contributed by atoms with Crippen LogP contribution in [-0.4, -0.2) is 22.0 Å². The first kappa shape index (κ1) is 8.78. The van der Waals surface area contributed by atoms with E-state index in [9.17, 15) is 19.7 Å². The van der Waals surface area contributed by atoms with Crippen molar-refractivity contribution in [3.05, 3.63) is 10.1 Å². The molecule has 0 heterocycles. The van der Waals surface area contributed by atoms with Gasteiger partial charge in [0.25, 0.3) is 0 Å². The Kier molecular flexibility index (Phi) is 1.06. The Balaban J connectivity index is 1.84. The molecule has 0 N–H and O–H groups in total. The molecular weight excluding hydrogens is 222 g/mol. The maximum Gasteiger partial charge on any atom is 0.239 e. The number of carbonyl (C=O) groups excluding carboxylic acids is 2. The summed E-state index contributed by atoms with van der Waals surface area (Å²) in [7, 11) is 0. The average Bonchev–Trinajstić information content (AvgIpc) is 2.83. The third kappa shape index (κ3) is 0.537. The molecule has 5 nitrogen and oxygen atoms in total. The predicted molar refractivity (Wildman–Crippen MR) is 53.4 cm³/mol. The van der Waals surface area contributed by atoms with Crippen molar-refractivity contribution < 1.29 is 14.5 Å². The molecule has 5 saturated carbocycles. The van der Waals surface area contributed by atoms with Crippen molar-refractivity contribution in [1.29, 1.82) is 0 Å². The number of Topliss-reactive ketones (excluding diaryl/α,β-unsaturated/α-hetero) is 2. The summed E-state index contributed by atoms with van der Waals surface area (Å²) < 4.78 is 0. The largest absolute Gasteiger partial charge is 0.299 e. The second kappa shape index (κ2) is 2.06. The Morgan fingerprint density at radius 3 is 2.35 bits per heavy atom. The number of nitrogens with zero attached hydrogens (tertiary/aromatic N) is 1. The first-order valence-electron chi connectivity index (χ1n) is 6.32. The first-order valence-corrected chi connectivity index (χ1v) is 6.32. The number of nitro groups is 1. The molecule has 88 valence electrons. The smallest absolute Gasteiger partial charge is 0.239 e. The molecule has 5 heteroatoms. The van der Waals surface area contributed by atoms with E-state index in [4.69, 9.17) is 0 Å². The van der Waals surface area contributed by atoms with Gasteiger partial charge in [0.15, 0.2) is 0 Å². The summed E-state index contributed by atoms with van der Waals surface area (Å²) in [5, 5.41) is 11.5. The number of hydrogen-bond donors (Lipinski definition) is 0. The quantitative estimate of drug-likeness (QED) is 0.482. The van der Waals surface area contributed by atoms with Gasteiger partial charge in [-0.2, -0.15) is 0 Å². The lowest BCUT2D eigenvalue weighted by Crippen LogP contribution is -2.64. The van der Waals surface area contributed by atoms with Gasteiger partial charge < -0.3 is 0 Å². The molecule has 8 atom stereocenters. The highest BCUT2D eigenvalue weighted by Gasteiger charge is 2.93. The van der Waals surface area contributed by atoms with Gasteiger partial charge in [-0.25, -0.2) is 0 Å². The Bertz CT molecular complexity index is 517. The lowest BCUT2D eigenvalue weighted by atomic mass is 9.54. The highest BCUT2D eigenvalue weighted by atomic mass is 16.6. The van der Waals surface area contributed by atoms with Gasteiger partial charge in [0.1, 0.15) is 11.6 Å². The van der Waals surface area contributed by atoms with Crippen molar-refractivity contribution in [3.8, 4) is 0 Å². The van der Waals surface area contributed by atoms with Gasteiger partial charge in [-0.3, -0.25) is 19.7 Å².